The predicted octanol–water partition coefficient (Wildman–Crippen LogP) is 2.26. The zero-order valence-electron chi connectivity index (χ0n) is 16.0. The number of carbonyl (C=O) groups is 2. The molecule has 9 nitrogen and oxygen atoms in total. The lowest BCUT2D eigenvalue weighted by atomic mass is 9.99. The molecule has 3 N–H and O–H groups in total. The van der Waals surface area contributed by atoms with Gasteiger partial charge in [0.05, 0.1) is 18.9 Å². The minimum atomic E-state index is -4.65. The summed E-state index contributed by atoms with van der Waals surface area (Å²) in [6.07, 6.45) is -2.34. The third-order valence-corrected chi connectivity index (χ3v) is 4.90. The lowest BCUT2D eigenvalue weighted by Gasteiger charge is -2.35. The molecule has 0 spiro atoms. The lowest BCUT2D eigenvalue weighted by molar-refractivity contribution is -0.153. The Morgan fingerprint density at radius 2 is 2.16 bits per heavy atom. The van der Waals surface area contributed by atoms with Gasteiger partial charge in [-0.3, -0.25) is 4.79 Å². The van der Waals surface area contributed by atoms with Crippen LogP contribution in [0.1, 0.15) is 33.6 Å². The number of hydrogen-bond donors (Lipinski definition) is 2. The van der Waals surface area contributed by atoms with Crippen molar-refractivity contribution in [2.75, 3.05) is 13.2 Å². The van der Waals surface area contributed by atoms with Crippen LogP contribution in [0.3, 0.4) is 0 Å². The molecule has 0 radical (unpaired) electrons. The fraction of sp³-hybridized carbons (Fsp3) is 0.316. The Labute approximate surface area is 174 Å². The summed E-state index contributed by atoms with van der Waals surface area (Å²) in [6, 6.07) is 3.34. The molecule has 31 heavy (non-hydrogen) atoms. The number of aliphatic hydroxyl groups excluding tert-OH is 1. The van der Waals surface area contributed by atoms with E-state index in [0.717, 1.165) is 12.3 Å². The van der Waals surface area contributed by atoms with Crippen LogP contribution in [0.15, 0.2) is 18.3 Å². The molecule has 0 aromatic carbocycles. The van der Waals surface area contributed by atoms with Crippen LogP contribution < -0.4 is 15.0 Å². The van der Waals surface area contributed by atoms with Gasteiger partial charge in [0.25, 0.3) is 0 Å². The van der Waals surface area contributed by atoms with Crippen LogP contribution in [0, 0.1) is 11.3 Å². The third kappa shape index (κ3) is 4.05. The molecule has 0 saturated heterocycles. The van der Waals surface area contributed by atoms with Crippen molar-refractivity contribution in [1.82, 2.24) is 14.5 Å². The summed E-state index contributed by atoms with van der Waals surface area (Å²) in [4.78, 5) is 32.4. The minimum absolute atomic E-state index is 0.0731. The van der Waals surface area contributed by atoms with Crippen molar-refractivity contribution in [3.63, 3.8) is 0 Å². The molecule has 3 heterocycles. The molecule has 0 aliphatic carbocycles. The highest BCUT2D eigenvalue weighted by Gasteiger charge is 2.48. The fourth-order valence-corrected chi connectivity index (χ4v) is 3.51. The number of nitriles is 1. The number of urea groups is 1. The van der Waals surface area contributed by atoms with Crippen molar-refractivity contribution < 1.29 is 32.6 Å². The zero-order valence-corrected chi connectivity index (χ0v) is 16.0. The maximum absolute atomic E-state index is 12.7. The molecular formula is C19H17F3N5O4+. The predicted molar refractivity (Wildman–Crippen MR) is 100 cm³/mol. The van der Waals surface area contributed by atoms with Gasteiger partial charge in [-0.15, -0.1) is 4.48 Å². The van der Waals surface area contributed by atoms with Crippen molar-refractivity contribution in [2.45, 2.75) is 25.6 Å². The molecular weight excluding hydrogens is 419 g/mol. The number of alkyl halides is 3. The second kappa shape index (κ2) is 8.29. The Morgan fingerprint density at radius 3 is 2.74 bits per heavy atom. The monoisotopic (exact) mass is 436 g/mol. The maximum Gasteiger partial charge on any atom is 0.426 e. The smallest absolute Gasteiger partial charge is 0.426 e. The highest BCUT2D eigenvalue weighted by atomic mass is 19.4. The molecule has 1 atom stereocenters. The van der Waals surface area contributed by atoms with Gasteiger partial charge in [-0.1, -0.05) is 0 Å². The average molecular weight is 436 g/mol. The van der Waals surface area contributed by atoms with Crippen molar-refractivity contribution in [2.24, 2.45) is 5.73 Å². The van der Waals surface area contributed by atoms with Gasteiger partial charge >= 0.3 is 12.2 Å². The van der Waals surface area contributed by atoms with Gasteiger partial charge in [-0.05, 0) is 12.5 Å². The third-order valence-electron chi connectivity index (χ3n) is 4.90. The van der Waals surface area contributed by atoms with Crippen LogP contribution in [-0.4, -0.2) is 46.7 Å². The first kappa shape index (κ1) is 22.1. The number of aldehydes is 1. The fourth-order valence-electron chi connectivity index (χ4n) is 3.51. The highest BCUT2D eigenvalue weighted by Crippen LogP contribution is 2.41. The maximum atomic E-state index is 12.7. The summed E-state index contributed by atoms with van der Waals surface area (Å²) in [6.45, 7) is -2.02. The number of halogens is 3. The molecule has 2 aromatic rings. The molecule has 3 rings (SSSR count). The summed E-state index contributed by atoms with van der Waals surface area (Å²) in [5.41, 5.74) is 6.14. The number of primary amides is 1. The van der Waals surface area contributed by atoms with Crippen LogP contribution in [-0.2, 0) is 13.0 Å². The van der Waals surface area contributed by atoms with Crippen molar-refractivity contribution in [3.05, 3.63) is 40.7 Å². The largest absolute Gasteiger partial charge is 0.482 e. The Hall–Kier alpha value is -3.56. The zero-order chi connectivity index (χ0) is 22.8. The number of fused-ring (bicyclic) bond motifs is 1. The van der Waals surface area contributed by atoms with Crippen LogP contribution >= 0.6 is 0 Å². The van der Waals surface area contributed by atoms with Gasteiger partial charge in [0.15, 0.2) is 12.9 Å². The van der Waals surface area contributed by atoms with Gasteiger partial charge in [0.1, 0.15) is 29.6 Å². The van der Waals surface area contributed by atoms with Gasteiger partial charge in [-0.25, -0.2) is 9.78 Å². The lowest BCUT2D eigenvalue weighted by Crippen LogP contribution is -2.56. The Kier molecular flexibility index (Phi) is 5.92. The number of pyridine rings is 2. The first-order valence-corrected chi connectivity index (χ1v) is 9.04. The molecule has 0 saturated carbocycles. The second-order valence-electron chi connectivity index (χ2n) is 6.82. The summed E-state index contributed by atoms with van der Waals surface area (Å²) in [7, 11) is 0. The summed E-state index contributed by atoms with van der Waals surface area (Å²) in [5.74, 6) is -0.443. The standard InChI is InChI=1S/C19H16F3N5O4/c20-19(21,22)10-31-15-5-16(25-7-13(15)6-23)27(18(24)30)3-1-2-11-4-12(8-28)14(9-29)26-17(11)27/h4-5,7,9,28H,1-3,8,10H2,(H-,24,30)/p+1. The molecule has 162 valence electrons. The first-order valence-electron chi connectivity index (χ1n) is 9.04. The molecule has 1 unspecified atom stereocenters. The Balaban J connectivity index is 2.21. The Bertz CT molecular complexity index is 1080. The molecule has 0 fully saturated rings. The number of nitrogens with two attached hydrogens (primary N) is 1. The summed E-state index contributed by atoms with van der Waals surface area (Å²) < 4.78 is 41.8. The van der Waals surface area contributed by atoms with E-state index >= 15 is 0 Å². The van der Waals surface area contributed by atoms with Gasteiger partial charge < -0.3 is 15.6 Å². The minimum Gasteiger partial charge on any atom is -0.482 e. The van der Waals surface area contributed by atoms with Crippen LogP contribution in [0.25, 0.3) is 0 Å². The number of quaternary nitrogens is 1. The summed E-state index contributed by atoms with van der Waals surface area (Å²) >= 11 is 0. The number of hydrogen-bond acceptors (Lipinski definition) is 7. The highest BCUT2D eigenvalue weighted by molar-refractivity contribution is 5.93. The van der Waals surface area contributed by atoms with Gasteiger partial charge in [0, 0.05) is 17.5 Å². The van der Waals surface area contributed by atoms with Crippen molar-refractivity contribution in [1.29, 1.82) is 5.26 Å². The van der Waals surface area contributed by atoms with Crippen LogP contribution in [0.2, 0.25) is 0 Å². The second-order valence-corrected chi connectivity index (χ2v) is 6.82. The summed E-state index contributed by atoms with van der Waals surface area (Å²) in [5, 5.41) is 18.7. The number of carbonyl (C=O) groups excluding carboxylic acids is 2. The van der Waals surface area contributed by atoms with E-state index < -0.39 is 35.7 Å². The SMILES string of the molecule is N#Cc1cnc([N+]2(C(N)=O)CCCc3cc(CO)c(C=O)nc32)cc1OCC(F)(F)F. The normalized spacial score (nSPS) is 18.0. The number of aliphatic hydroxyl groups is 1. The van der Waals surface area contributed by atoms with Crippen LogP contribution in [0.5, 0.6) is 5.75 Å². The number of rotatable bonds is 5. The average Bonchev–Trinajstić information content (AvgIpc) is 2.75. The number of amides is 2. The number of aryl methyl sites for hydroxylation is 1. The van der Waals surface area contributed by atoms with Crippen molar-refractivity contribution in [3.8, 4) is 11.8 Å². The van der Waals surface area contributed by atoms with E-state index in [9.17, 15) is 33.1 Å². The van der Waals surface area contributed by atoms with E-state index in [-0.39, 0.29) is 35.0 Å². The molecule has 2 aromatic heterocycles. The first-order chi connectivity index (χ1) is 14.7. The molecule has 1 aliphatic rings. The van der Waals surface area contributed by atoms with Gasteiger partial charge in [0.2, 0.25) is 11.6 Å². The quantitative estimate of drug-likeness (QED) is 0.541. The van der Waals surface area contributed by atoms with E-state index in [2.05, 4.69) is 9.97 Å². The van der Waals surface area contributed by atoms with Crippen LogP contribution in [0.4, 0.5) is 29.6 Å². The molecule has 1 aliphatic heterocycles. The van der Waals surface area contributed by atoms with E-state index in [1.807, 2.05) is 0 Å². The topological polar surface area (TPSA) is 139 Å². The van der Waals surface area contributed by atoms with E-state index in [1.165, 1.54) is 6.07 Å². The van der Waals surface area contributed by atoms with Crippen molar-refractivity contribution >= 4 is 24.0 Å². The van der Waals surface area contributed by atoms with E-state index in [4.69, 9.17) is 10.5 Å². The Morgan fingerprint density at radius 1 is 1.42 bits per heavy atom. The number of ether oxygens (including phenoxy) is 1. The van der Waals surface area contributed by atoms with Gasteiger partial charge in [-0.2, -0.15) is 23.4 Å². The molecule has 2 amide bonds. The number of nitrogens with zero attached hydrogens (tertiary/aromatic N) is 4. The van der Waals surface area contributed by atoms with E-state index in [0.29, 0.717) is 24.7 Å². The number of aromatic nitrogens is 2. The van der Waals surface area contributed by atoms with E-state index in [1.54, 1.807) is 6.07 Å². The molecule has 0 bridgehead atoms. The molecule has 12 heteroatoms.